The molecule has 3 aliphatic carbocycles. The van der Waals surface area contributed by atoms with Gasteiger partial charge in [-0.3, -0.25) is 0 Å². The maximum atomic E-state index is 8.93. The molecule has 1 unspecified atom stereocenters. The van der Waals surface area contributed by atoms with Gasteiger partial charge in [-0.1, -0.05) is 26.0 Å². The summed E-state index contributed by atoms with van der Waals surface area (Å²) in [6.07, 6.45) is 3.55. The van der Waals surface area contributed by atoms with E-state index in [1.54, 1.807) is 0 Å². The van der Waals surface area contributed by atoms with E-state index in [9.17, 15) is 0 Å². The van der Waals surface area contributed by atoms with Crippen molar-refractivity contribution in [2.45, 2.75) is 33.1 Å². The molecular weight excluding hydrogens is 160 g/mol. The van der Waals surface area contributed by atoms with E-state index in [1.807, 2.05) is 0 Å². The highest BCUT2D eigenvalue weighted by atomic mass is 16.3. The van der Waals surface area contributed by atoms with Crippen molar-refractivity contribution in [1.29, 1.82) is 0 Å². The quantitative estimate of drug-likeness (QED) is 0.648. The van der Waals surface area contributed by atoms with Crippen molar-refractivity contribution in [3.8, 4) is 0 Å². The van der Waals surface area contributed by atoms with Crippen molar-refractivity contribution >= 4 is 0 Å². The number of aliphatic hydroxyl groups excluding tert-OH is 1. The number of aliphatic hydroxyl groups is 1. The van der Waals surface area contributed by atoms with Crippen molar-refractivity contribution in [3.05, 3.63) is 12.2 Å². The molecule has 74 valence electrons. The van der Waals surface area contributed by atoms with Gasteiger partial charge in [0.2, 0.25) is 0 Å². The first kappa shape index (κ1) is 9.26. The molecule has 0 aliphatic heterocycles. The molecule has 3 atom stereocenters. The summed E-state index contributed by atoms with van der Waals surface area (Å²) >= 11 is 0. The zero-order chi connectivity index (χ0) is 9.64. The Hall–Kier alpha value is -0.300. The molecule has 0 radical (unpaired) electrons. The van der Waals surface area contributed by atoms with Gasteiger partial charge in [0.05, 0.1) is 0 Å². The van der Waals surface area contributed by atoms with E-state index >= 15 is 0 Å². The topological polar surface area (TPSA) is 20.2 Å². The summed E-state index contributed by atoms with van der Waals surface area (Å²) in [5.74, 6) is 2.24. The zero-order valence-corrected chi connectivity index (χ0v) is 8.71. The van der Waals surface area contributed by atoms with Crippen LogP contribution in [0.15, 0.2) is 12.2 Å². The Bertz CT molecular complexity index is 229. The van der Waals surface area contributed by atoms with Crippen molar-refractivity contribution in [1.82, 2.24) is 0 Å². The molecule has 0 aromatic rings. The van der Waals surface area contributed by atoms with E-state index in [-0.39, 0.29) is 0 Å². The number of rotatable bonds is 2. The van der Waals surface area contributed by atoms with Crippen molar-refractivity contribution in [2.75, 3.05) is 6.61 Å². The molecule has 0 saturated heterocycles. The van der Waals surface area contributed by atoms with Crippen LogP contribution >= 0.6 is 0 Å². The van der Waals surface area contributed by atoms with Crippen LogP contribution in [-0.4, -0.2) is 11.7 Å². The van der Waals surface area contributed by atoms with Crippen LogP contribution < -0.4 is 0 Å². The minimum Gasteiger partial charge on any atom is -0.396 e. The molecule has 3 aliphatic rings. The van der Waals surface area contributed by atoms with Crippen LogP contribution in [0.25, 0.3) is 0 Å². The highest BCUT2D eigenvalue weighted by Crippen LogP contribution is 2.62. The molecule has 0 heterocycles. The molecule has 0 aromatic heterocycles. The summed E-state index contributed by atoms with van der Waals surface area (Å²) in [7, 11) is 0. The average Bonchev–Trinajstić information content (AvgIpc) is 2.08. The lowest BCUT2D eigenvalue weighted by molar-refractivity contribution is -0.0498. The van der Waals surface area contributed by atoms with Crippen molar-refractivity contribution < 1.29 is 5.11 Å². The Morgan fingerprint density at radius 2 is 2.15 bits per heavy atom. The van der Waals surface area contributed by atoms with E-state index in [0.717, 1.165) is 18.3 Å². The summed E-state index contributed by atoms with van der Waals surface area (Å²) in [5, 5.41) is 8.93. The van der Waals surface area contributed by atoms with Crippen LogP contribution in [0.4, 0.5) is 0 Å². The maximum Gasteiger partial charge on any atom is 0.0436 e. The van der Waals surface area contributed by atoms with Gasteiger partial charge < -0.3 is 5.11 Å². The molecule has 1 heteroatoms. The highest BCUT2D eigenvalue weighted by molar-refractivity contribution is 5.22. The normalized spacial score (nSPS) is 41.5. The molecule has 3 rings (SSSR count). The Morgan fingerprint density at radius 1 is 1.46 bits per heavy atom. The Morgan fingerprint density at radius 3 is 2.62 bits per heavy atom. The van der Waals surface area contributed by atoms with Gasteiger partial charge in [0.25, 0.3) is 0 Å². The van der Waals surface area contributed by atoms with Crippen LogP contribution in [-0.2, 0) is 0 Å². The Labute approximate surface area is 80.8 Å². The van der Waals surface area contributed by atoms with Gasteiger partial charge >= 0.3 is 0 Å². The first-order chi connectivity index (χ1) is 6.07. The molecule has 0 aromatic carbocycles. The van der Waals surface area contributed by atoms with Gasteiger partial charge in [-0.15, -0.1) is 0 Å². The standard InChI is InChI=1S/C12H20O/c1-8-9(4-5-13)6-10-7-11(8)12(10,2)3/h9-11,13H,1,4-7H2,2-3H3/t9-,10?,11+/m0/s1. The fourth-order valence-electron chi connectivity index (χ4n) is 3.28. The third kappa shape index (κ3) is 1.17. The predicted octanol–water partition coefficient (Wildman–Crippen LogP) is 2.61. The molecule has 3 saturated carbocycles. The van der Waals surface area contributed by atoms with Crippen LogP contribution in [0.2, 0.25) is 0 Å². The van der Waals surface area contributed by atoms with E-state index in [0.29, 0.717) is 17.9 Å². The monoisotopic (exact) mass is 180 g/mol. The third-order valence-electron chi connectivity index (χ3n) is 4.49. The molecule has 13 heavy (non-hydrogen) atoms. The molecule has 1 N–H and O–H groups in total. The van der Waals surface area contributed by atoms with Gasteiger partial charge in [-0.05, 0) is 42.4 Å². The predicted molar refractivity (Wildman–Crippen MR) is 54.3 cm³/mol. The zero-order valence-electron chi connectivity index (χ0n) is 8.71. The van der Waals surface area contributed by atoms with E-state index < -0.39 is 0 Å². The second-order valence-corrected chi connectivity index (χ2v) is 5.33. The number of hydrogen-bond acceptors (Lipinski definition) is 1. The summed E-state index contributed by atoms with van der Waals surface area (Å²) in [6, 6.07) is 0. The second-order valence-electron chi connectivity index (χ2n) is 5.33. The van der Waals surface area contributed by atoms with E-state index in [1.165, 1.54) is 18.4 Å². The number of allylic oxidation sites excluding steroid dienone is 1. The lowest BCUT2D eigenvalue weighted by atomic mass is 9.45. The third-order valence-corrected chi connectivity index (χ3v) is 4.49. The molecule has 0 amide bonds. The SMILES string of the molecule is C=C1[C@@H](CCO)CC2C[C@H]1C2(C)C. The molecule has 3 fully saturated rings. The largest absolute Gasteiger partial charge is 0.396 e. The lowest BCUT2D eigenvalue weighted by Gasteiger charge is -2.60. The maximum absolute atomic E-state index is 8.93. The van der Waals surface area contributed by atoms with Crippen LogP contribution in [0.3, 0.4) is 0 Å². The number of hydrogen-bond donors (Lipinski definition) is 1. The second kappa shape index (κ2) is 2.84. The van der Waals surface area contributed by atoms with E-state index in [2.05, 4.69) is 20.4 Å². The summed E-state index contributed by atoms with van der Waals surface area (Å²) in [5.41, 5.74) is 1.92. The van der Waals surface area contributed by atoms with Crippen LogP contribution in [0.1, 0.15) is 33.1 Å². The van der Waals surface area contributed by atoms with Gasteiger partial charge in [-0.25, -0.2) is 0 Å². The number of fused-ring (bicyclic) bond motifs is 2. The first-order valence-electron chi connectivity index (χ1n) is 5.37. The molecule has 1 nitrogen and oxygen atoms in total. The molecular formula is C12H20O. The molecule has 2 bridgehead atoms. The van der Waals surface area contributed by atoms with Gasteiger partial charge in [0, 0.05) is 6.61 Å². The summed E-state index contributed by atoms with van der Waals surface area (Å²) in [6.45, 7) is 9.28. The fourth-order valence-corrected chi connectivity index (χ4v) is 3.28. The summed E-state index contributed by atoms with van der Waals surface area (Å²) in [4.78, 5) is 0. The van der Waals surface area contributed by atoms with E-state index in [4.69, 9.17) is 5.11 Å². The molecule has 0 spiro atoms. The highest BCUT2D eigenvalue weighted by Gasteiger charge is 2.54. The minimum atomic E-state index is 0.323. The summed E-state index contributed by atoms with van der Waals surface area (Å²) < 4.78 is 0. The lowest BCUT2D eigenvalue weighted by Crippen LogP contribution is -2.51. The van der Waals surface area contributed by atoms with Gasteiger partial charge in [0.15, 0.2) is 0 Å². The minimum absolute atomic E-state index is 0.323. The van der Waals surface area contributed by atoms with Gasteiger partial charge in [0.1, 0.15) is 0 Å². The average molecular weight is 180 g/mol. The Kier molecular flexibility index (Phi) is 2.03. The first-order valence-corrected chi connectivity index (χ1v) is 5.37. The smallest absolute Gasteiger partial charge is 0.0436 e. The van der Waals surface area contributed by atoms with Crippen molar-refractivity contribution in [2.24, 2.45) is 23.2 Å². The van der Waals surface area contributed by atoms with Crippen LogP contribution in [0.5, 0.6) is 0 Å². The van der Waals surface area contributed by atoms with Crippen LogP contribution in [0, 0.1) is 23.2 Å². The fraction of sp³-hybridized carbons (Fsp3) is 0.833. The van der Waals surface area contributed by atoms with Crippen molar-refractivity contribution in [3.63, 3.8) is 0 Å². The Balaban J connectivity index is 2.08. The van der Waals surface area contributed by atoms with Gasteiger partial charge in [-0.2, -0.15) is 0 Å².